The van der Waals surface area contributed by atoms with Crippen LogP contribution < -0.4 is 10.4 Å². The van der Waals surface area contributed by atoms with Crippen LogP contribution in [0.25, 0.3) is 11.0 Å². The Bertz CT molecular complexity index is 1140. The standard InChI is InChI=1S/C15H14N4O5S/c1-17-13-8-3-10(9-14(13)18(2)15(17)20)16-25(23,24)12-6-4-11(5-7-12)19(21)22/h3-9,16H,1-2H3. The van der Waals surface area contributed by atoms with Gasteiger partial charge in [-0.2, -0.15) is 0 Å². The van der Waals surface area contributed by atoms with Crippen LogP contribution in [0.4, 0.5) is 11.4 Å². The Morgan fingerprint density at radius 2 is 1.60 bits per heavy atom. The molecule has 0 atom stereocenters. The van der Waals surface area contributed by atoms with Crippen molar-refractivity contribution in [1.29, 1.82) is 0 Å². The molecule has 1 heterocycles. The van der Waals surface area contributed by atoms with Crippen molar-refractivity contribution in [2.45, 2.75) is 4.90 Å². The molecule has 0 radical (unpaired) electrons. The highest BCUT2D eigenvalue weighted by atomic mass is 32.2. The third-order valence-electron chi connectivity index (χ3n) is 3.88. The van der Waals surface area contributed by atoms with E-state index >= 15 is 0 Å². The van der Waals surface area contributed by atoms with Crippen molar-refractivity contribution in [2.24, 2.45) is 14.1 Å². The van der Waals surface area contributed by atoms with Gasteiger partial charge in [0.05, 0.1) is 26.5 Å². The number of aryl methyl sites for hydroxylation is 2. The fraction of sp³-hybridized carbons (Fsp3) is 0.133. The highest BCUT2D eigenvalue weighted by molar-refractivity contribution is 7.92. The fourth-order valence-electron chi connectivity index (χ4n) is 2.53. The number of aromatic nitrogens is 2. The first-order chi connectivity index (χ1) is 11.7. The van der Waals surface area contributed by atoms with Gasteiger partial charge in [0.1, 0.15) is 0 Å². The normalized spacial score (nSPS) is 11.6. The minimum atomic E-state index is -3.91. The van der Waals surface area contributed by atoms with E-state index < -0.39 is 14.9 Å². The molecule has 0 fully saturated rings. The molecule has 10 heteroatoms. The quantitative estimate of drug-likeness (QED) is 0.559. The Morgan fingerprint density at radius 3 is 2.20 bits per heavy atom. The van der Waals surface area contributed by atoms with Crippen LogP contribution in [0.15, 0.2) is 52.2 Å². The highest BCUT2D eigenvalue weighted by Crippen LogP contribution is 2.22. The van der Waals surface area contributed by atoms with Crippen molar-refractivity contribution in [1.82, 2.24) is 9.13 Å². The zero-order valence-corrected chi connectivity index (χ0v) is 14.1. The Morgan fingerprint density at radius 1 is 1.00 bits per heavy atom. The number of nitrogens with zero attached hydrogens (tertiary/aromatic N) is 3. The number of hydrogen-bond donors (Lipinski definition) is 1. The summed E-state index contributed by atoms with van der Waals surface area (Å²) in [4.78, 5) is 21.9. The van der Waals surface area contributed by atoms with Gasteiger partial charge in [-0.05, 0) is 30.3 Å². The van der Waals surface area contributed by atoms with Crippen LogP contribution in [0.3, 0.4) is 0 Å². The van der Waals surface area contributed by atoms with Crippen LogP contribution in [0.2, 0.25) is 0 Å². The van der Waals surface area contributed by atoms with E-state index in [0.717, 1.165) is 24.3 Å². The predicted molar refractivity (Wildman–Crippen MR) is 92.1 cm³/mol. The van der Waals surface area contributed by atoms with Gasteiger partial charge < -0.3 is 0 Å². The second kappa shape index (κ2) is 5.74. The summed E-state index contributed by atoms with van der Waals surface area (Å²) in [6.07, 6.45) is 0. The summed E-state index contributed by atoms with van der Waals surface area (Å²) in [5, 5.41) is 10.6. The molecule has 3 rings (SSSR count). The second-order valence-electron chi connectivity index (χ2n) is 5.46. The molecule has 0 aliphatic carbocycles. The minimum Gasteiger partial charge on any atom is -0.295 e. The number of nitrogens with one attached hydrogen (secondary N) is 1. The van der Waals surface area contributed by atoms with Gasteiger partial charge in [0.25, 0.3) is 15.7 Å². The van der Waals surface area contributed by atoms with E-state index in [9.17, 15) is 23.3 Å². The first-order valence-electron chi connectivity index (χ1n) is 7.13. The molecule has 0 unspecified atom stereocenters. The fourth-order valence-corrected chi connectivity index (χ4v) is 3.58. The van der Waals surface area contributed by atoms with E-state index in [4.69, 9.17) is 0 Å². The SMILES string of the molecule is Cn1c(=O)n(C)c2cc(NS(=O)(=O)c3ccc([N+](=O)[O-])cc3)ccc21. The molecule has 0 aliphatic rings. The molecule has 0 saturated heterocycles. The van der Waals surface area contributed by atoms with Crippen molar-refractivity contribution in [3.8, 4) is 0 Å². The van der Waals surface area contributed by atoms with E-state index in [-0.39, 0.29) is 22.0 Å². The number of non-ortho nitro benzene ring substituents is 1. The highest BCUT2D eigenvalue weighted by Gasteiger charge is 2.17. The Labute approximate surface area is 142 Å². The van der Waals surface area contributed by atoms with Crippen LogP contribution in [-0.4, -0.2) is 22.5 Å². The predicted octanol–water partition coefficient (Wildman–Crippen LogP) is 1.59. The molecule has 130 valence electrons. The van der Waals surface area contributed by atoms with E-state index in [1.807, 2.05) is 0 Å². The van der Waals surface area contributed by atoms with Gasteiger partial charge in [0.2, 0.25) is 0 Å². The van der Waals surface area contributed by atoms with E-state index in [2.05, 4.69) is 4.72 Å². The Kier molecular flexibility index (Phi) is 3.84. The molecule has 3 aromatic rings. The van der Waals surface area contributed by atoms with Gasteiger partial charge >= 0.3 is 5.69 Å². The van der Waals surface area contributed by atoms with Gasteiger partial charge in [-0.15, -0.1) is 0 Å². The van der Waals surface area contributed by atoms with E-state index in [0.29, 0.717) is 11.0 Å². The lowest BCUT2D eigenvalue weighted by Crippen LogP contribution is -2.19. The van der Waals surface area contributed by atoms with Crippen LogP contribution in [0.1, 0.15) is 0 Å². The molecule has 0 amide bonds. The summed E-state index contributed by atoms with van der Waals surface area (Å²) in [5.41, 5.74) is 1.12. The lowest BCUT2D eigenvalue weighted by molar-refractivity contribution is -0.384. The summed E-state index contributed by atoms with van der Waals surface area (Å²) >= 11 is 0. The number of imidazole rings is 1. The first-order valence-corrected chi connectivity index (χ1v) is 8.62. The molecular formula is C15H14N4O5S. The molecule has 0 saturated carbocycles. The van der Waals surface area contributed by atoms with Crippen molar-refractivity contribution in [3.63, 3.8) is 0 Å². The molecule has 0 aliphatic heterocycles. The summed E-state index contributed by atoms with van der Waals surface area (Å²) < 4.78 is 30.1. The second-order valence-corrected chi connectivity index (χ2v) is 7.14. The number of nitro benzene ring substituents is 1. The van der Waals surface area contributed by atoms with Crippen LogP contribution in [-0.2, 0) is 24.1 Å². The summed E-state index contributed by atoms with van der Waals surface area (Å²) in [5.74, 6) is 0. The smallest absolute Gasteiger partial charge is 0.295 e. The average molecular weight is 362 g/mol. The topological polar surface area (TPSA) is 116 Å². The van der Waals surface area contributed by atoms with Crippen LogP contribution in [0, 0.1) is 10.1 Å². The Hall–Kier alpha value is -3.14. The largest absolute Gasteiger partial charge is 0.328 e. The number of nitro groups is 1. The van der Waals surface area contributed by atoms with Crippen molar-refractivity contribution in [3.05, 3.63) is 63.1 Å². The lowest BCUT2D eigenvalue weighted by Gasteiger charge is -2.08. The summed E-state index contributed by atoms with van der Waals surface area (Å²) in [6, 6.07) is 9.32. The first kappa shape index (κ1) is 16.7. The molecule has 0 spiro atoms. The molecule has 25 heavy (non-hydrogen) atoms. The maximum Gasteiger partial charge on any atom is 0.328 e. The number of hydrogen-bond acceptors (Lipinski definition) is 5. The average Bonchev–Trinajstić information content (AvgIpc) is 2.79. The lowest BCUT2D eigenvalue weighted by atomic mass is 10.3. The van der Waals surface area contributed by atoms with Gasteiger partial charge in [0, 0.05) is 26.2 Å². The third kappa shape index (κ3) is 2.87. The molecule has 1 N–H and O–H groups in total. The number of sulfonamides is 1. The van der Waals surface area contributed by atoms with Crippen molar-refractivity contribution in [2.75, 3.05) is 4.72 Å². The van der Waals surface area contributed by atoms with E-state index in [1.54, 1.807) is 32.3 Å². The number of fused-ring (bicyclic) bond motifs is 1. The molecule has 1 aromatic heterocycles. The van der Waals surface area contributed by atoms with Gasteiger partial charge in [-0.1, -0.05) is 0 Å². The van der Waals surface area contributed by atoms with Crippen molar-refractivity contribution >= 4 is 32.4 Å². The van der Waals surface area contributed by atoms with Crippen molar-refractivity contribution < 1.29 is 13.3 Å². The summed E-state index contributed by atoms with van der Waals surface area (Å²) in [6.45, 7) is 0. The van der Waals surface area contributed by atoms with E-state index in [1.165, 1.54) is 9.13 Å². The zero-order chi connectivity index (χ0) is 18.4. The molecule has 9 nitrogen and oxygen atoms in total. The number of anilines is 1. The number of benzene rings is 2. The Balaban J connectivity index is 1.98. The maximum atomic E-state index is 12.4. The van der Waals surface area contributed by atoms with Gasteiger partial charge in [-0.25, -0.2) is 13.2 Å². The monoisotopic (exact) mass is 362 g/mol. The molecular weight excluding hydrogens is 348 g/mol. The number of rotatable bonds is 4. The molecule has 2 aromatic carbocycles. The molecule has 0 bridgehead atoms. The maximum absolute atomic E-state index is 12.4. The van der Waals surface area contributed by atoms with Crippen LogP contribution in [0.5, 0.6) is 0 Å². The zero-order valence-electron chi connectivity index (χ0n) is 13.3. The van der Waals surface area contributed by atoms with Crippen LogP contribution >= 0.6 is 0 Å². The van der Waals surface area contributed by atoms with Gasteiger partial charge in [0.15, 0.2) is 0 Å². The summed E-state index contributed by atoms with van der Waals surface area (Å²) in [7, 11) is -0.681. The third-order valence-corrected chi connectivity index (χ3v) is 5.28. The van der Waals surface area contributed by atoms with Gasteiger partial charge in [-0.3, -0.25) is 24.0 Å². The minimum absolute atomic E-state index is 0.0971.